The highest BCUT2D eigenvalue weighted by atomic mass is 19.4. The van der Waals surface area contributed by atoms with Crippen molar-refractivity contribution in [2.24, 2.45) is 16.6 Å². The number of hydrogen-bond donors (Lipinski definition) is 5. The molecular formula is C21H20F6N6O6. The van der Waals surface area contributed by atoms with Crippen LogP contribution in [0.4, 0.5) is 26.3 Å². The van der Waals surface area contributed by atoms with Crippen molar-refractivity contribution in [3.63, 3.8) is 0 Å². The summed E-state index contributed by atoms with van der Waals surface area (Å²) >= 11 is 0. The minimum Gasteiger partial charge on any atom is -0.475 e. The Bertz CT molecular complexity index is 1280. The summed E-state index contributed by atoms with van der Waals surface area (Å²) < 4.78 is 63.5. The number of primary amides is 1. The molecule has 4 heterocycles. The van der Waals surface area contributed by atoms with Crippen molar-refractivity contribution in [3.8, 4) is 0 Å². The number of halogens is 6. The molecule has 0 aromatic carbocycles. The second kappa shape index (κ2) is 12.3. The van der Waals surface area contributed by atoms with Gasteiger partial charge in [0.1, 0.15) is 11.3 Å². The molecule has 2 aromatic rings. The Morgan fingerprint density at radius 2 is 1.69 bits per heavy atom. The largest absolute Gasteiger partial charge is 0.490 e. The van der Waals surface area contributed by atoms with Crippen LogP contribution < -0.4 is 11.1 Å². The monoisotopic (exact) mass is 566 g/mol. The fourth-order valence-corrected chi connectivity index (χ4v) is 3.25. The zero-order valence-electron chi connectivity index (χ0n) is 19.5. The number of aromatic amines is 1. The van der Waals surface area contributed by atoms with Gasteiger partial charge in [-0.1, -0.05) is 0 Å². The van der Waals surface area contributed by atoms with Gasteiger partial charge in [-0.2, -0.15) is 26.3 Å². The number of likely N-dealkylation sites (tertiary alicyclic amines) is 1. The first-order chi connectivity index (χ1) is 18.0. The molecule has 0 radical (unpaired) electrons. The number of aliphatic imine (C=N–C) groups is 1. The lowest BCUT2D eigenvalue weighted by Gasteiger charge is -2.31. The molecule has 2 aromatic heterocycles. The summed E-state index contributed by atoms with van der Waals surface area (Å²) in [6.45, 7) is 1.23. The molecule has 0 saturated carbocycles. The van der Waals surface area contributed by atoms with Crippen molar-refractivity contribution >= 4 is 46.8 Å². The Morgan fingerprint density at radius 3 is 2.23 bits per heavy atom. The van der Waals surface area contributed by atoms with Gasteiger partial charge in [0.05, 0.1) is 5.92 Å². The lowest BCUT2D eigenvalue weighted by atomic mass is 9.98. The number of rotatable bonds is 2. The third kappa shape index (κ3) is 8.71. The van der Waals surface area contributed by atoms with E-state index in [1.807, 2.05) is 17.0 Å². The highest BCUT2D eigenvalue weighted by Crippen LogP contribution is 2.22. The summed E-state index contributed by atoms with van der Waals surface area (Å²) in [4.78, 5) is 55.1. The molecule has 0 spiro atoms. The molecule has 1 unspecified atom stereocenters. The van der Waals surface area contributed by atoms with Crippen LogP contribution in [0.2, 0.25) is 0 Å². The van der Waals surface area contributed by atoms with Crippen molar-refractivity contribution in [1.82, 2.24) is 20.2 Å². The van der Waals surface area contributed by atoms with E-state index in [0.29, 0.717) is 18.2 Å². The first-order valence-electron chi connectivity index (χ1n) is 10.7. The molecule has 0 aliphatic carbocycles. The number of aliphatic carboxylic acids is 2. The van der Waals surface area contributed by atoms with Gasteiger partial charge < -0.3 is 25.8 Å². The molecule has 1 atom stereocenters. The Morgan fingerprint density at radius 1 is 1.10 bits per heavy atom. The molecule has 2 aliphatic heterocycles. The minimum absolute atomic E-state index is 0.207. The van der Waals surface area contributed by atoms with Crippen LogP contribution in [0.1, 0.15) is 18.4 Å². The standard InChI is InChI=1S/C17H18N6O2.2C2HF3O2/c18-14(24)10-3-2-6-23(9-10)17-21-13(16(25)22-17)7-11-8-20-15-12(11)4-1-5-19-15;2*3-2(4,5)1(6)7/h1,4-5,7-8,10H,2-3,6,9H2,(H2,18,24)(H,19,20)(H,21,22,25);2*(H,6,7). The Labute approximate surface area is 214 Å². The van der Waals surface area contributed by atoms with E-state index >= 15 is 0 Å². The van der Waals surface area contributed by atoms with Crippen LogP contribution in [0.5, 0.6) is 0 Å². The Hall–Kier alpha value is -4.64. The summed E-state index contributed by atoms with van der Waals surface area (Å²) in [7, 11) is 0. The van der Waals surface area contributed by atoms with E-state index in [0.717, 1.165) is 36.0 Å². The zero-order chi connectivity index (χ0) is 29.5. The molecule has 0 bridgehead atoms. The Balaban J connectivity index is 0.000000317. The second-order valence-electron chi connectivity index (χ2n) is 7.86. The predicted molar refractivity (Wildman–Crippen MR) is 121 cm³/mol. The van der Waals surface area contributed by atoms with Crippen LogP contribution in [-0.2, 0) is 19.2 Å². The molecule has 2 aliphatic rings. The summed E-state index contributed by atoms with van der Waals surface area (Å²) in [5.41, 5.74) is 7.36. The number of amides is 2. The van der Waals surface area contributed by atoms with E-state index in [1.54, 1.807) is 18.5 Å². The number of carbonyl (C=O) groups excluding carboxylic acids is 2. The topological polar surface area (TPSA) is 191 Å². The number of guanidine groups is 1. The summed E-state index contributed by atoms with van der Waals surface area (Å²) in [5.74, 6) is -5.80. The number of carboxylic acids is 2. The number of H-pyrrole nitrogens is 1. The number of nitrogens with two attached hydrogens (primary N) is 1. The third-order valence-corrected chi connectivity index (χ3v) is 5.07. The van der Waals surface area contributed by atoms with Crippen LogP contribution in [0.3, 0.4) is 0 Å². The number of pyridine rings is 1. The van der Waals surface area contributed by atoms with Gasteiger partial charge in [-0.25, -0.2) is 19.6 Å². The summed E-state index contributed by atoms with van der Waals surface area (Å²) in [5, 5.41) is 18.0. The minimum atomic E-state index is -5.08. The van der Waals surface area contributed by atoms with Crippen molar-refractivity contribution in [2.75, 3.05) is 13.1 Å². The number of carboxylic acid groups (broad SMARTS) is 2. The normalized spacial score (nSPS) is 18.4. The maximum absolute atomic E-state index is 12.3. The van der Waals surface area contributed by atoms with Gasteiger partial charge >= 0.3 is 24.3 Å². The molecule has 39 heavy (non-hydrogen) atoms. The number of alkyl halides is 6. The van der Waals surface area contributed by atoms with Gasteiger partial charge in [0.15, 0.2) is 0 Å². The van der Waals surface area contributed by atoms with Crippen LogP contribution >= 0.6 is 0 Å². The van der Waals surface area contributed by atoms with Crippen LogP contribution in [0, 0.1) is 5.92 Å². The van der Waals surface area contributed by atoms with Gasteiger partial charge in [0.25, 0.3) is 5.91 Å². The number of piperidine rings is 1. The maximum Gasteiger partial charge on any atom is 0.490 e. The average Bonchev–Trinajstić information content (AvgIpc) is 3.42. The quantitative estimate of drug-likeness (QED) is 0.269. The number of nitrogens with zero attached hydrogens (tertiary/aromatic N) is 3. The van der Waals surface area contributed by atoms with Crippen molar-refractivity contribution in [1.29, 1.82) is 0 Å². The summed E-state index contributed by atoms with van der Waals surface area (Å²) in [6, 6.07) is 3.78. The molecule has 1 fully saturated rings. The molecule has 6 N–H and O–H groups in total. The number of hydrogen-bond acceptors (Lipinski definition) is 7. The molecular weight excluding hydrogens is 546 g/mol. The van der Waals surface area contributed by atoms with E-state index in [4.69, 9.17) is 25.5 Å². The molecule has 212 valence electrons. The maximum atomic E-state index is 12.3. The smallest absolute Gasteiger partial charge is 0.475 e. The van der Waals surface area contributed by atoms with Gasteiger partial charge in [0, 0.05) is 36.4 Å². The fourth-order valence-electron chi connectivity index (χ4n) is 3.25. The average molecular weight is 566 g/mol. The number of nitrogens with one attached hydrogen (secondary N) is 2. The molecule has 1 saturated heterocycles. The molecule has 4 rings (SSSR count). The second-order valence-corrected chi connectivity index (χ2v) is 7.86. The van der Waals surface area contributed by atoms with Gasteiger partial charge in [0.2, 0.25) is 11.9 Å². The van der Waals surface area contributed by atoms with E-state index in [-0.39, 0.29) is 17.7 Å². The van der Waals surface area contributed by atoms with Crippen molar-refractivity contribution in [3.05, 3.63) is 35.8 Å². The predicted octanol–water partition coefficient (Wildman–Crippen LogP) is 1.85. The zero-order valence-corrected chi connectivity index (χ0v) is 19.5. The third-order valence-electron chi connectivity index (χ3n) is 5.07. The van der Waals surface area contributed by atoms with E-state index < -0.39 is 24.3 Å². The number of aromatic nitrogens is 2. The summed E-state index contributed by atoms with van der Waals surface area (Å²) in [6.07, 6.45) is -3.30. The molecule has 18 heteroatoms. The van der Waals surface area contributed by atoms with Gasteiger partial charge in [-0.05, 0) is 31.1 Å². The molecule has 12 nitrogen and oxygen atoms in total. The van der Waals surface area contributed by atoms with E-state index in [2.05, 4.69) is 20.3 Å². The van der Waals surface area contributed by atoms with Crippen LogP contribution in [0.15, 0.2) is 35.2 Å². The highest BCUT2D eigenvalue weighted by Gasteiger charge is 2.39. The van der Waals surface area contributed by atoms with Gasteiger partial charge in [-0.15, -0.1) is 0 Å². The van der Waals surface area contributed by atoms with Crippen molar-refractivity contribution < 1.29 is 55.7 Å². The first kappa shape index (κ1) is 30.6. The molecule has 2 amide bonds. The van der Waals surface area contributed by atoms with Gasteiger partial charge in [-0.3, -0.25) is 14.9 Å². The Kier molecular flexibility index (Phi) is 9.62. The van der Waals surface area contributed by atoms with E-state index in [1.165, 1.54) is 0 Å². The van der Waals surface area contributed by atoms with Crippen LogP contribution in [-0.4, -0.2) is 80.2 Å². The number of fused-ring (bicyclic) bond motifs is 1. The first-order valence-corrected chi connectivity index (χ1v) is 10.7. The highest BCUT2D eigenvalue weighted by molar-refractivity contribution is 6.14. The SMILES string of the molecule is NC(=O)C1CCCN(C2=NC(=Cc3c[nH]c4ncccc34)C(=O)N2)C1.O=C(O)C(F)(F)F.O=C(O)C(F)(F)F. The number of carbonyl (C=O) groups is 4. The lowest BCUT2D eigenvalue weighted by Crippen LogP contribution is -2.48. The lowest BCUT2D eigenvalue weighted by molar-refractivity contribution is -0.193. The van der Waals surface area contributed by atoms with Crippen LogP contribution in [0.25, 0.3) is 17.1 Å². The fraction of sp³-hybridized carbons (Fsp3) is 0.333. The van der Waals surface area contributed by atoms with E-state index in [9.17, 15) is 35.9 Å². The van der Waals surface area contributed by atoms with Crippen molar-refractivity contribution in [2.45, 2.75) is 25.2 Å².